The molecule has 1 saturated heterocycles. The maximum absolute atomic E-state index is 14.1. The number of alkyl halides is 1. The van der Waals surface area contributed by atoms with E-state index < -0.39 is 5.67 Å². The van der Waals surface area contributed by atoms with Crippen LogP contribution in [0.4, 0.5) is 14.9 Å². The van der Waals surface area contributed by atoms with Gasteiger partial charge in [-0.15, -0.1) is 0 Å². The number of aryl methyl sites for hydroxylation is 1. The molecule has 0 aliphatic carbocycles. The molecule has 1 heterocycles. The van der Waals surface area contributed by atoms with E-state index in [-0.39, 0.29) is 12.1 Å². The third-order valence-electron chi connectivity index (χ3n) is 5.38. The van der Waals surface area contributed by atoms with Crippen molar-refractivity contribution in [1.82, 2.24) is 10.2 Å². The van der Waals surface area contributed by atoms with Crippen LogP contribution in [0.15, 0.2) is 48.5 Å². The van der Waals surface area contributed by atoms with Crippen LogP contribution >= 0.6 is 0 Å². The van der Waals surface area contributed by atoms with Crippen LogP contribution < -0.4 is 10.6 Å². The van der Waals surface area contributed by atoms with Crippen LogP contribution in [0.5, 0.6) is 0 Å². The summed E-state index contributed by atoms with van der Waals surface area (Å²) in [5.74, 6) is 0. The molecule has 0 spiro atoms. The summed E-state index contributed by atoms with van der Waals surface area (Å²) in [5, 5.41) is 5.88. The second-order valence-electron chi connectivity index (χ2n) is 8.13. The number of nitrogens with one attached hydrogen (secondary N) is 2. The number of nitrogens with zero attached hydrogens (tertiary/aromatic N) is 1. The first kappa shape index (κ1) is 20.3. The number of piperidine rings is 1. The number of carbonyl (C=O) groups is 1. The average molecular weight is 384 g/mol. The van der Waals surface area contributed by atoms with Gasteiger partial charge < -0.3 is 10.6 Å². The number of anilines is 1. The summed E-state index contributed by atoms with van der Waals surface area (Å²) in [4.78, 5) is 14.8. The normalized spacial score (nSPS) is 16.0. The molecule has 28 heavy (non-hydrogen) atoms. The summed E-state index contributed by atoms with van der Waals surface area (Å²) in [5.41, 5.74) is 2.41. The molecule has 2 aromatic carbocycles. The zero-order valence-corrected chi connectivity index (χ0v) is 17.0. The Balaban J connectivity index is 1.47. The van der Waals surface area contributed by atoms with Gasteiger partial charge in [-0.1, -0.05) is 36.4 Å². The lowest BCUT2D eigenvalue weighted by Gasteiger charge is -2.32. The number of carbonyl (C=O) groups excluding carboxylic acids is 1. The van der Waals surface area contributed by atoms with Crippen LogP contribution in [-0.2, 0) is 12.2 Å². The Morgan fingerprint density at radius 2 is 1.86 bits per heavy atom. The molecular weight excluding hydrogens is 353 g/mol. The Kier molecular flexibility index (Phi) is 6.35. The van der Waals surface area contributed by atoms with Crippen molar-refractivity contribution in [2.24, 2.45) is 0 Å². The van der Waals surface area contributed by atoms with E-state index in [1.165, 1.54) is 25.0 Å². The summed E-state index contributed by atoms with van der Waals surface area (Å²) in [6, 6.07) is 15.4. The number of rotatable bonds is 5. The predicted molar refractivity (Wildman–Crippen MR) is 112 cm³/mol. The van der Waals surface area contributed by atoms with Gasteiger partial charge in [0.05, 0.1) is 0 Å². The standard InChI is InChI=1S/C23H30FN3O/c1-17-7-4-5-8-18(17)16-27-13-11-20(12-14-27)25-22(28)26-21-10-6-9-19(15-21)23(2,3)24/h4-10,15,20H,11-14,16H2,1-3H3,(H2,25,26,28). The van der Waals surface area contributed by atoms with E-state index in [1.54, 1.807) is 24.3 Å². The van der Waals surface area contributed by atoms with Crippen molar-refractivity contribution in [3.8, 4) is 0 Å². The molecule has 2 aromatic rings. The van der Waals surface area contributed by atoms with Crippen molar-refractivity contribution in [2.45, 2.75) is 51.9 Å². The highest BCUT2D eigenvalue weighted by Crippen LogP contribution is 2.26. The van der Waals surface area contributed by atoms with E-state index in [9.17, 15) is 9.18 Å². The van der Waals surface area contributed by atoms with Gasteiger partial charge in [0.1, 0.15) is 5.67 Å². The third kappa shape index (κ3) is 5.55. The van der Waals surface area contributed by atoms with Crippen molar-refractivity contribution < 1.29 is 9.18 Å². The molecule has 0 atom stereocenters. The molecule has 1 aliphatic rings. The van der Waals surface area contributed by atoms with Gasteiger partial charge in [-0.25, -0.2) is 9.18 Å². The van der Waals surface area contributed by atoms with Gasteiger partial charge in [0.15, 0.2) is 0 Å². The minimum Gasteiger partial charge on any atom is -0.335 e. The second-order valence-corrected chi connectivity index (χ2v) is 8.13. The maximum Gasteiger partial charge on any atom is 0.319 e. The van der Waals surface area contributed by atoms with Crippen LogP contribution in [0.25, 0.3) is 0 Å². The van der Waals surface area contributed by atoms with Gasteiger partial charge in [0, 0.05) is 31.4 Å². The highest BCUT2D eigenvalue weighted by molar-refractivity contribution is 5.89. The van der Waals surface area contributed by atoms with Crippen LogP contribution in [0, 0.1) is 6.92 Å². The molecule has 1 aliphatic heterocycles. The maximum atomic E-state index is 14.1. The molecular formula is C23H30FN3O. The zero-order valence-electron chi connectivity index (χ0n) is 17.0. The quantitative estimate of drug-likeness (QED) is 0.764. The first-order valence-electron chi connectivity index (χ1n) is 9.95. The Bertz CT molecular complexity index is 807. The number of benzene rings is 2. The molecule has 3 rings (SSSR count). The van der Waals surface area contributed by atoms with E-state index in [1.807, 2.05) is 0 Å². The summed E-state index contributed by atoms with van der Waals surface area (Å²) in [6.45, 7) is 8.05. The molecule has 2 amide bonds. The summed E-state index contributed by atoms with van der Waals surface area (Å²) in [6.07, 6.45) is 1.85. The Morgan fingerprint density at radius 1 is 1.14 bits per heavy atom. The van der Waals surface area contributed by atoms with Gasteiger partial charge in [-0.05, 0) is 62.4 Å². The molecule has 2 N–H and O–H groups in total. The van der Waals surface area contributed by atoms with Gasteiger partial charge in [-0.2, -0.15) is 0 Å². The van der Waals surface area contributed by atoms with Crippen LogP contribution in [0.1, 0.15) is 43.4 Å². The second kappa shape index (κ2) is 8.74. The van der Waals surface area contributed by atoms with E-state index in [0.29, 0.717) is 11.3 Å². The number of likely N-dealkylation sites (tertiary alicyclic amines) is 1. The van der Waals surface area contributed by atoms with Crippen LogP contribution in [-0.4, -0.2) is 30.1 Å². The summed E-state index contributed by atoms with van der Waals surface area (Å²) >= 11 is 0. The molecule has 0 bridgehead atoms. The molecule has 0 saturated carbocycles. The monoisotopic (exact) mass is 383 g/mol. The Hall–Kier alpha value is -2.40. The fraction of sp³-hybridized carbons (Fsp3) is 0.435. The predicted octanol–water partition coefficient (Wildman–Crippen LogP) is 4.99. The number of urea groups is 1. The molecule has 4 nitrogen and oxygen atoms in total. The number of hydrogen-bond donors (Lipinski definition) is 2. The van der Waals surface area contributed by atoms with E-state index in [2.05, 4.69) is 46.7 Å². The third-order valence-corrected chi connectivity index (χ3v) is 5.38. The summed E-state index contributed by atoms with van der Waals surface area (Å²) in [7, 11) is 0. The van der Waals surface area contributed by atoms with E-state index in [4.69, 9.17) is 0 Å². The van der Waals surface area contributed by atoms with Crippen molar-refractivity contribution >= 4 is 11.7 Å². The van der Waals surface area contributed by atoms with E-state index in [0.717, 1.165) is 32.5 Å². The molecule has 5 heteroatoms. The Labute approximate surface area is 167 Å². The smallest absolute Gasteiger partial charge is 0.319 e. The van der Waals surface area contributed by atoms with Crippen molar-refractivity contribution in [3.05, 3.63) is 65.2 Å². The Morgan fingerprint density at radius 3 is 2.54 bits per heavy atom. The first-order chi connectivity index (χ1) is 13.3. The van der Waals surface area contributed by atoms with Crippen LogP contribution in [0.2, 0.25) is 0 Å². The number of amides is 2. The van der Waals surface area contributed by atoms with Gasteiger partial charge in [0.25, 0.3) is 0 Å². The van der Waals surface area contributed by atoms with Gasteiger partial charge in [-0.3, -0.25) is 4.90 Å². The minimum absolute atomic E-state index is 0.161. The highest BCUT2D eigenvalue weighted by Gasteiger charge is 2.22. The fourth-order valence-corrected chi connectivity index (χ4v) is 3.58. The topological polar surface area (TPSA) is 44.4 Å². The molecule has 0 unspecified atom stereocenters. The zero-order chi connectivity index (χ0) is 20.1. The van der Waals surface area contributed by atoms with Gasteiger partial charge >= 0.3 is 6.03 Å². The lowest BCUT2D eigenvalue weighted by atomic mass is 10.00. The first-order valence-corrected chi connectivity index (χ1v) is 9.95. The molecule has 1 fully saturated rings. The van der Waals surface area contributed by atoms with Gasteiger partial charge in [0.2, 0.25) is 0 Å². The average Bonchev–Trinajstić information content (AvgIpc) is 2.65. The number of hydrogen-bond acceptors (Lipinski definition) is 2. The van der Waals surface area contributed by atoms with E-state index >= 15 is 0 Å². The lowest BCUT2D eigenvalue weighted by molar-refractivity contribution is 0.189. The molecule has 0 aromatic heterocycles. The largest absolute Gasteiger partial charge is 0.335 e. The summed E-state index contributed by atoms with van der Waals surface area (Å²) < 4.78 is 14.1. The molecule has 0 radical (unpaired) electrons. The highest BCUT2D eigenvalue weighted by atomic mass is 19.1. The SMILES string of the molecule is Cc1ccccc1CN1CCC(NC(=O)Nc2cccc(C(C)(C)F)c2)CC1. The minimum atomic E-state index is -1.43. The van der Waals surface area contributed by atoms with Crippen molar-refractivity contribution in [3.63, 3.8) is 0 Å². The van der Waals surface area contributed by atoms with Crippen LogP contribution in [0.3, 0.4) is 0 Å². The number of halogens is 1. The molecule has 150 valence electrons. The van der Waals surface area contributed by atoms with Crippen molar-refractivity contribution in [2.75, 3.05) is 18.4 Å². The fourth-order valence-electron chi connectivity index (χ4n) is 3.58. The lowest BCUT2D eigenvalue weighted by Crippen LogP contribution is -2.45. The van der Waals surface area contributed by atoms with Crippen molar-refractivity contribution in [1.29, 1.82) is 0 Å².